The van der Waals surface area contributed by atoms with E-state index < -0.39 is 0 Å². The predicted molar refractivity (Wildman–Crippen MR) is 67.3 cm³/mol. The van der Waals surface area contributed by atoms with Crippen LogP contribution in [0.15, 0.2) is 42.5 Å². The fraction of sp³-hybridized carbons (Fsp3) is 0.0769. The molecule has 0 atom stereocenters. The summed E-state index contributed by atoms with van der Waals surface area (Å²) in [5.41, 5.74) is 14.9. The average Bonchev–Trinajstić information content (AvgIpc) is 2.28. The minimum Gasteiger partial charge on any atom is -0.496 e. The van der Waals surface area contributed by atoms with E-state index in [-0.39, 0.29) is 0 Å². The van der Waals surface area contributed by atoms with E-state index in [1.54, 1.807) is 13.2 Å². The van der Waals surface area contributed by atoms with Crippen molar-refractivity contribution in [1.82, 2.24) is 0 Å². The summed E-state index contributed by atoms with van der Waals surface area (Å²) in [6.45, 7) is 0. The van der Waals surface area contributed by atoms with Crippen molar-refractivity contribution >= 4 is 11.4 Å². The minimum absolute atomic E-state index is 0.685. The summed E-state index contributed by atoms with van der Waals surface area (Å²) in [4.78, 5) is 0. The largest absolute Gasteiger partial charge is 0.496 e. The Kier molecular flexibility index (Phi) is 2.68. The molecule has 0 aromatic heterocycles. The van der Waals surface area contributed by atoms with E-state index in [1.165, 1.54) is 0 Å². The van der Waals surface area contributed by atoms with Gasteiger partial charge in [-0.25, -0.2) is 0 Å². The highest BCUT2D eigenvalue weighted by Gasteiger charge is 2.05. The van der Waals surface area contributed by atoms with Gasteiger partial charge in [0.15, 0.2) is 0 Å². The van der Waals surface area contributed by atoms with Gasteiger partial charge < -0.3 is 16.2 Å². The number of hydrogen-bond donors (Lipinski definition) is 2. The van der Waals surface area contributed by atoms with Crippen molar-refractivity contribution in [3.05, 3.63) is 42.5 Å². The van der Waals surface area contributed by atoms with Crippen molar-refractivity contribution in [2.75, 3.05) is 18.6 Å². The van der Waals surface area contributed by atoms with Crippen molar-refractivity contribution < 1.29 is 4.74 Å². The van der Waals surface area contributed by atoms with E-state index in [4.69, 9.17) is 16.2 Å². The van der Waals surface area contributed by atoms with Crippen LogP contribution in [0.3, 0.4) is 0 Å². The first-order chi connectivity index (χ1) is 7.70. The van der Waals surface area contributed by atoms with Crippen molar-refractivity contribution in [2.24, 2.45) is 0 Å². The average molecular weight is 214 g/mol. The Labute approximate surface area is 94.6 Å². The Bertz CT molecular complexity index is 509. The standard InChI is InChI=1S/C13H14N2O/c1-16-13-8-11(15)5-6-12(13)9-3-2-4-10(14)7-9/h2-8H,14-15H2,1H3. The first kappa shape index (κ1) is 10.4. The summed E-state index contributed by atoms with van der Waals surface area (Å²) in [5, 5.41) is 0. The molecular weight excluding hydrogens is 200 g/mol. The first-order valence-electron chi connectivity index (χ1n) is 5.00. The lowest BCUT2D eigenvalue weighted by atomic mass is 10.0. The van der Waals surface area contributed by atoms with Crippen LogP contribution in [0.4, 0.5) is 11.4 Å². The SMILES string of the molecule is COc1cc(N)ccc1-c1cccc(N)c1. The highest BCUT2D eigenvalue weighted by molar-refractivity contribution is 5.75. The Morgan fingerprint density at radius 1 is 0.938 bits per heavy atom. The fourth-order valence-corrected chi connectivity index (χ4v) is 1.65. The van der Waals surface area contributed by atoms with E-state index in [2.05, 4.69) is 0 Å². The molecule has 0 saturated carbocycles. The third kappa shape index (κ3) is 1.93. The number of ether oxygens (including phenoxy) is 1. The maximum Gasteiger partial charge on any atom is 0.128 e. The van der Waals surface area contributed by atoms with E-state index in [1.807, 2.05) is 36.4 Å². The quantitative estimate of drug-likeness (QED) is 0.755. The second-order valence-electron chi connectivity index (χ2n) is 3.59. The summed E-state index contributed by atoms with van der Waals surface area (Å²) in [7, 11) is 1.63. The molecule has 4 N–H and O–H groups in total. The van der Waals surface area contributed by atoms with E-state index >= 15 is 0 Å². The van der Waals surface area contributed by atoms with Gasteiger partial charge in [-0.05, 0) is 29.8 Å². The van der Waals surface area contributed by atoms with Crippen LogP contribution in [0.25, 0.3) is 11.1 Å². The molecule has 0 spiro atoms. The number of benzene rings is 2. The lowest BCUT2D eigenvalue weighted by molar-refractivity contribution is 0.416. The lowest BCUT2D eigenvalue weighted by Gasteiger charge is -2.09. The highest BCUT2D eigenvalue weighted by Crippen LogP contribution is 2.32. The molecule has 0 unspecified atom stereocenters. The van der Waals surface area contributed by atoms with Gasteiger partial charge in [-0.1, -0.05) is 12.1 Å². The fourth-order valence-electron chi connectivity index (χ4n) is 1.65. The van der Waals surface area contributed by atoms with Crippen molar-refractivity contribution in [3.63, 3.8) is 0 Å². The molecule has 16 heavy (non-hydrogen) atoms. The van der Waals surface area contributed by atoms with E-state index in [9.17, 15) is 0 Å². The third-order valence-electron chi connectivity index (χ3n) is 2.42. The Balaban J connectivity index is 2.55. The number of anilines is 2. The Morgan fingerprint density at radius 2 is 1.69 bits per heavy atom. The van der Waals surface area contributed by atoms with Gasteiger partial charge in [0.2, 0.25) is 0 Å². The second-order valence-corrected chi connectivity index (χ2v) is 3.59. The van der Waals surface area contributed by atoms with Crippen LogP contribution in [0.5, 0.6) is 5.75 Å². The Morgan fingerprint density at radius 3 is 2.38 bits per heavy atom. The summed E-state index contributed by atoms with van der Waals surface area (Å²) < 4.78 is 5.30. The van der Waals surface area contributed by atoms with Crippen molar-refractivity contribution in [1.29, 1.82) is 0 Å². The van der Waals surface area contributed by atoms with Gasteiger partial charge in [-0.15, -0.1) is 0 Å². The number of rotatable bonds is 2. The molecule has 0 radical (unpaired) electrons. The zero-order valence-corrected chi connectivity index (χ0v) is 9.10. The number of hydrogen-bond acceptors (Lipinski definition) is 3. The molecule has 0 aliphatic carbocycles. The molecule has 2 rings (SSSR count). The lowest BCUT2D eigenvalue weighted by Crippen LogP contribution is -1.92. The van der Waals surface area contributed by atoms with Crippen LogP contribution < -0.4 is 16.2 Å². The summed E-state index contributed by atoms with van der Waals surface area (Å²) in [6, 6.07) is 13.3. The van der Waals surface area contributed by atoms with Gasteiger partial charge >= 0.3 is 0 Å². The highest BCUT2D eigenvalue weighted by atomic mass is 16.5. The zero-order valence-electron chi connectivity index (χ0n) is 9.10. The van der Waals surface area contributed by atoms with Gasteiger partial charge in [0.25, 0.3) is 0 Å². The molecule has 0 saturated heterocycles. The van der Waals surface area contributed by atoms with Gasteiger partial charge in [-0.3, -0.25) is 0 Å². The van der Waals surface area contributed by atoms with Crippen molar-refractivity contribution in [2.45, 2.75) is 0 Å². The maximum atomic E-state index is 5.75. The smallest absolute Gasteiger partial charge is 0.128 e. The number of nitrogen functional groups attached to an aromatic ring is 2. The normalized spacial score (nSPS) is 10.1. The topological polar surface area (TPSA) is 61.3 Å². The molecule has 82 valence electrons. The molecule has 2 aromatic carbocycles. The van der Waals surface area contributed by atoms with Crippen LogP contribution in [0, 0.1) is 0 Å². The summed E-state index contributed by atoms with van der Waals surface area (Å²) in [6.07, 6.45) is 0. The first-order valence-corrected chi connectivity index (χ1v) is 5.00. The van der Waals surface area contributed by atoms with Crippen LogP contribution in [-0.4, -0.2) is 7.11 Å². The van der Waals surface area contributed by atoms with E-state index in [0.29, 0.717) is 5.69 Å². The summed E-state index contributed by atoms with van der Waals surface area (Å²) >= 11 is 0. The van der Waals surface area contributed by atoms with Gasteiger partial charge in [0.05, 0.1) is 7.11 Å². The molecule has 0 fully saturated rings. The number of methoxy groups -OCH3 is 1. The summed E-state index contributed by atoms with van der Waals surface area (Å²) in [5.74, 6) is 0.755. The maximum absolute atomic E-state index is 5.75. The zero-order chi connectivity index (χ0) is 11.5. The second kappa shape index (κ2) is 4.14. The van der Waals surface area contributed by atoms with Crippen LogP contribution >= 0.6 is 0 Å². The Hall–Kier alpha value is -2.16. The molecule has 0 aliphatic rings. The van der Waals surface area contributed by atoms with Crippen molar-refractivity contribution in [3.8, 4) is 16.9 Å². The minimum atomic E-state index is 0.685. The molecule has 2 aromatic rings. The monoisotopic (exact) mass is 214 g/mol. The van der Waals surface area contributed by atoms with Gasteiger partial charge in [0.1, 0.15) is 5.75 Å². The third-order valence-corrected chi connectivity index (χ3v) is 2.42. The molecular formula is C13H14N2O. The van der Waals surface area contributed by atoms with Crippen LogP contribution in [0.1, 0.15) is 0 Å². The van der Waals surface area contributed by atoms with Crippen LogP contribution in [0.2, 0.25) is 0 Å². The predicted octanol–water partition coefficient (Wildman–Crippen LogP) is 2.53. The molecule has 0 aliphatic heterocycles. The number of nitrogens with two attached hydrogens (primary N) is 2. The molecule has 3 nitrogen and oxygen atoms in total. The van der Waals surface area contributed by atoms with Gasteiger partial charge in [-0.2, -0.15) is 0 Å². The van der Waals surface area contributed by atoms with Crippen LogP contribution in [-0.2, 0) is 0 Å². The molecule has 3 heteroatoms. The molecule has 0 amide bonds. The molecule has 0 heterocycles. The molecule has 0 bridgehead atoms. The van der Waals surface area contributed by atoms with E-state index in [0.717, 1.165) is 22.6 Å². The van der Waals surface area contributed by atoms with Gasteiger partial charge in [0, 0.05) is 23.0 Å².